The van der Waals surface area contributed by atoms with Crippen LogP contribution in [0.1, 0.15) is 26.7 Å². The molecule has 0 atom stereocenters. The summed E-state index contributed by atoms with van der Waals surface area (Å²) in [5.74, 6) is 0.144. The fraction of sp³-hybridized carbons (Fsp3) is 0.857. The molecular weight excluding hydrogens is 119 g/mol. The maximum absolute atomic E-state index is 12.7. The highest BCUT2D eigenvalue weighted by Crippen LogP contribution is 2.40. The number of alkyl halides is 1. The summed E-state index contributed by atoms with van der Waals surface area (Å²) in [4.78, 5) is 10.5. The standard InChI is InChI=1S/C7H11FO/c1-5(9)6-3-7(2,8)4-6/h6H,3-4H2,1-2H3. The van der Waals surface area contributed by atoms with Crippen molar-refractivity contribution in [1.82, 2.24) is 0 Å². The number of rotatable bonds is 1. The number of halogens is 1. The van der Waals surface area contributed by atoms with E-state index in [0.717, 1.165) is 0 Å². The van der Waals surface area contributed by atoms with E-state index >= 15 is 0 Å². The second-order valence-corrected chi connectivity index (χ2v) is 3.13. The Morgan fingerprint density at radius 3 is 2.22 bits per heavy atom. The predicted octanol–water partition coefficient (Wildman–Crippen LogP) is 1.71. The molecule has 0 radical (unpaired) electrons. The lowest BCUT2D eigenvalue weighted by atomic mass is 9.72. The Hall–Kier alpha value is -0.400. The smallest absolute Gasteiger partial charge is 0.133 e. The van der Waals surface area contributed by atoms with Gasteiger partial charge in [0.05, 0.1) is 0 Å². The van der Waals surface area contributed by atoms with Gasteiger partial charge in [0.25, 0.3) is 0 Å². The molecule has 0 N–H and O–H groups in total. The van der Waals surface area contributed by atoms with Crippen molar-refractivity contribution in [3.63, 3.8) is 0 Å². The van der Waals surface area contributed by atoms with Crippen LogP contribution in [0.15, 0.2) is 0 Å². The third-order valence-electron chi connectivity index (χ3n) is 1.92. The Balaban J connectivity index is 2.35. The maximum atomic E-state index is 12.7. The summed E-state index contributed by atoms with van der Waals surface area (Å²) in [6, 6.07) is 0. The normalized spacial score (nSPS) is 41.9. The van der Waals surface area contributed by atoms with E-state index in [1.54, 1.807) is 6.92 Å². The zero-order valence-electron chi connectivity index (χ0n) is 5.78. The highest BCUT2D eigenvalue weighted by molar-refractivity contribution is 5.79. The molecule has 1 nitrogen and oxygen atoms in total. The number of ketones is 1. The molecule has 0 spiro atoms. The minimum absolute atomic E-state index is 0.0139. The largest absolute Gasteiger partial charge is 0.300 e. The lowest BCUT2D eigenvalue weighted by Gasteiger charge is -2.36. The molecule has 0 heterocycles. The van der Waals surface area contributed by atoms with Gasteiger partial charge < -0.3 is 0 Å². The van der Waals surface area contributed by atoms with Crippen molar-refractivity contribution in [3.8, 4) is 0 Å². The van der Waals surface area contributed by atoms with Crippen LogP contribution >= 0.6 is 0 Å². The minimum Gasteiger partial charge on any atom is -0.300 e. The van der Waals surface area contributed by atoms with Crippen LogP contribution in [-0.2, 0) is 4.79 Å². The predicted molar refractivity (Wildman–Crippen MR) is 32.9 cm³/mol. The minimum atomic E-state index is -1.05. The summed E-state index contributed by atoms with van der Waals surface area (Å²) in [6.07, 6.45) is 0.866. The first-order chi connectivity index (χ1) is 4.01. The zero-order chi connectivity index (χ0) is 7.07. The van der Waals surface area contributed by atoms with Gasteiger partial charge in [0.2, 0.25) is 0 Å². The summed E-state index contributed by atoms with van der Waals surface area (Å²) in [5.41, 5.74) is -1.05. The van der Waals surface area contributed by atoms with Crippen molar-refractivity contribution in [2.24, 2.45) is 5.92 Å². The summed E-state index contributed by atoms with van der Waals surface area (Å²) in [7, 11) is 0. The molecule has 0 bridgehead atoms. The molecule has 0 amide bonds. The second kappa shape index (κ2) is 1.79. The highest BCUT2D eigenvalue weighted by atomic mass is 19.1. The van der Waals surface area contributed by atoms with E-state index in [4.69, 9.17) is 0 Å². The van der Waals surface area contributed by atoms with E-state index in [-0.39, 0.29) is 11.7 Å². The first-order valence-corrected chi connectivity index (χ1v) is 3.21. The Morgan fingerprint density at radius 1 is 1.67 bits per heavy atom. The van der Waals surface area contributed by atoms with Gasteiger partial charge in [-0.3, -0.25) is 4.79 Å². The van der Waals surface area contributed by atoms with Crippen molar-refractivity contribution in [2.45, 2.75) is 32.4 Å². The van der Waals surface area contributed by atoms with Gasteiger partial charge in [-0.15, -0.1) is 0 Å². The molecule has 0 unspecified atom stereocenters. The van der Waals surface area contributed by atoms with E-state index in [0.29, 0.717) is 12.8 Å². The van der Waals surface area contributed by atoms with Crippen LogP contribution in [0, 0.1) is 5.92 Å². The van der Waals surface area contributed by atoms with Gasteiger partial charge in [-0.2, -0.15) is 0 Å². The van der Waals surface area contributed by atoms with Gasteiger partial charge in [-0.1, -0.05) is 0 Å². The molecule has 0 aromatic heterocycles. The van der Waals surface area contributed by atoms with E-state index in [1.165, 1.54) is 6.92 Å². The maximum Gasteiger partial charge on any atom is 0.133 e. The van der Waals surface area contributed by atoms with Crippen LogP contribution in [0.25, 0.3) is 0 Å². The fourth-order valence-electron chi connectivity index (χ4n) is 1.26. The van der Waals surface area contributed by atoms with Crippen molar-refractivity contribution in [3.05, 3.63) is 0 Å². The van der Waals surface area contributed by atoms with Gasteiger partial charge in [0.1, 0.15) is 11.5 Å². The number of carbonyl (C=O) groups excluding carboxylic acids is 1. The molecule has 0 aromatic carbocycles. The van der Waals surface area contributed by atoms with Gasteiger partial charge >= 0.3 is 0 Å². The van der Waals surface area contributed by atoms with E-state index in [9.17, 15) is 9.18 Å². The summed E-state index contributed by atoms with van der Waals surface area (Å²) >= 11 is 0. The molecule has 1 aliphatic carbocycles. The van der Waals surface area contributed by atoms with Crippen molar-refractivity contribution < 1.29 is 9.18 Å². The summed E-state index contributed by atoms with van der Waals surface area (Å²) < 4.78 is 12.7. The van der Waals surface area contributed by atoms with Crippen LogP contribution in [0.4, 0.5) is 4.39 Å². The highest BCUT2D eigenvalue weighted by Gasteiger charge is 2.42. The summed E-state index contributed by atoms with van der Waals surface area (Å²) in [6.45, 7) is 3.08. The molecule has 9 heavy (non-hydrogen) atoms. The Kier molecular flexibility index (Phi) is 1.34. The van der Waals surface area contributed by atoms with E-state index in [1.807, 2.05) is 0 Å². The summed E-state index contributed by atoms with van der Waals surface area (Å²) in [5, 5.41) is 0. The molecule has 52 valence electrons. The second-order valence-electron chi connectivity index (χ2n) is 3.13. The Morgan fingerprint density at radius 2 is 2.11 bits per heavy atom. The topological polar surface area (TPSA) is 17.1 Å². The zero-order valence-corrected chi connectivity index (χ0v) is 5.78. The molecule has 1 aliphatic rings. The van der Waals surface area contributed by atoms with Crippen LogP contribution in [-0.4, -0.2) is 11.5 Å². The third-order valence-corrected chi connectivity index (χ3v) is 1.92. The van der Waals surface area contributed by atoms with Crippen LogP contribution in [0.5, 0.6) is 0 Å². The van der Waals surface area contributed by atoms with Gasteiger partial charge in [0, 0.05) is 5.92 Å². The lowest BCUT2D eigenvalue weighted by Crippen LogP contribution is -2.40. The number of hydrogen-bond donors (Lipinski definition) is 0. The number of Topliss-reactive ketones (excluding diaryl/α,β-unsaturated/α-hetero) is 1. The van der Waals surface area contributed by atoms with Gasteiger partial charge in [-0.05, 0) is 26.7 Å². The van der Waals surface area contributed by atoms with Gasteiger partial charge in [-0.25, -0.2) is 4.39 Å². The first-order valence-electron chi connectivity index (χ1n) is 3.21. The van der Waals surface area contributed by atoms with Crippen molar-refractivity contribution >= 4 is 5.78 Å². The molecule has 1 saturated carbocycles. The molecular formula is C7H11FO. The average molecular weight is 130 g/mol. The molecule has 2 heteroatoms. The van der Waals surface area contributed by atoms with Crippen molar-refractivity contribution in [2.75, 3.05) is 0 Å². The quantitative estimate of drug-likeness (QED) is 0.528. The van der Waals surface area contributed by atoms with Crippen molar-refractivity contribution in [1.29, 1.82) is 0 Å². The average Bonchev–Trinajstić information content (AvgIpc) is 1.59. The molecule has 0 aromatic rings. The SMILES string of the molecule is CC(=O)C1CC(C)(F)C1. The van der Waals surface area contributed by atoms with Gasteiger partial charge in [0.15, 0.2) is 0 Å². The third kappa shape index (κ3) is 1.29. The number of hydrogen-bond acceptors (Lipinski definition) is 1. The molecule has 0 aliphatic heterocycles. The molecule has 1 fully saturated rings. The number of carbonyl (C=O) groups is 1. The lowest BCUT2D eigenvalue weighted by molar-refractivity contribution is -0.128. The fourth-order valence-corrected chi connectivity index (χ4v) is 1.26. The Bertz CT molecular complexity index is 132. The first kappa shape index (κ1) is 6.72. The monoisotopic (exact) mass is 130 g/mol. The molecule has 1 rings (SSSR count). The van der Waals surface area contributed by atoms with Crippen LogP contribution < -0.4 is 0 Å². The van der Waals surface area contributed by atoms with Crippen LogP contribution in [0.2, 0.25) is 0 Å². The van der Waals surface area contributed by atoms with E-state index in [2.05, 4.69) is 0 Å². The molecule has 0 saturated heterocycles. The van der Waals surface area contributed by atoms with Crippen LogP contribution in [0.3, 0.4) is 0 Å². The van der Waals surface area contributed by atoms with E-state index < -0.39 is 5.67 Å². The Labute approximate surface area is 54.3 Å².